The fourth-order valence-electron chi connectivity index (χ4n) is 2.80. The lowest BCUT2D eigenvalue weighted by molar-refractivity contribution is -0.384. The van der Waals surface area contributed by atoms with E-state index in [2.05, 4.69) is 4.74 Å². The van der Waals surface area contributed by atoms with Crippen molar-refractivity contribution in [1.29, 1.82) is 0 Å². The minimum absolute atomic E-state index is 0.0216. The van der Waals surface area contributed by atoms with Gasteiger partial charge in [0, 0.05) is 18.7 Å². The predicted octanol–water partition coefficient (Wildman–Crippen LogP) is 3.33. The molecule has 0 atom stereocenters. The summed E-state index contributed by atoms with van der Waals surface area (Å²) in [6.07, 6.45) is 0.706. The Bertz CT molecular complexity index is 809. The third-order valence-corrected chi connectivity index (χ3v) is 3.98. The van der Waals surface area contributed by atoms with E-state index in [1.165, 1.54) is 29.2 Å². The van der Waals surface area contributed by atoms with Crippen LogP contribution < -0.4 is 9.64 Å². The van der Waals surface area contributed by atoms with Crippen LogP contribution in [-0.2, 0) is 17.6 Å². The molecule has 1 heterocycles. The maximum atomic E-state index is 12.5. The zero-order chi connectivity index (χ0) is 18.0. The second kappa shape index (κ2) is 6.84. The summed E-state index contributed by atoms with van der Waals surface area (Å²) in [7, 11) is 0. The highest BCUT2D eigenvalue weighted by Gasteiger charge is 2.26. The fraction of sp³-hybridized carbons (Fsp3) is 0.235. The van der Waals surface area contributed by atoms with Gasteiger partial charge in [-0.05, 0) is 29.7 Å². The van der Waals surface area contributed by atoms with E-state index in [1.54, 1.807) is 18.2 Å². The highest BCUT2D eigenvalue weighted by Crippen LogP contribution is 2.32. The molecule has 0 aliphatic carbocycles. The second-order valence-electron chi connectivity index (χ2n) is 5.56. The van der Waals surface area contributed by atoms with Crippen LogP contribution in [0.2, 0.25) is 0 Å². The van der Waals surface area contributed by atoms with Crippen LogP contribution in [0.5, 0.6) is 5.75 Å². The highest BCUT2D eigenvalue weighted by molar-refractivity contribution is 5.97. The first kappa shape index (κ1) is 16.8. The number of hydrogen-bond acceptors (Lipinski definition) is 4. The SMILES string of the molecule is O=C(Cc1ccc(OC(F)F)cc1)N1CCc2ccc([N+](=O)[O-])cc21. The van der Waals surface area contributed by atoms with Gasteiger partial charge >= 0.3 is 6.61 Å². The molecule has 2 aromatic carbocycles. The van der Waals surface area contributed by atoms with Crippen molar-refractivity contribution in [2.24, 2.45) is 0 Å². The normalized spacial score (nSPS) is 13.0. The smallest absolute Gasteiger partial charge is 0.387 e. The number of halogens is 2. The van der Waals surface area contributed by atoms with Crippen molar-refractivity contribution in [2.75, 3.05) is 11.4 Å². The van der Waals surface area contributed by atoms with Crippen molar-refractivity contribution in [3.63, 3.8) is 0 Å². The molecule has 130 valence electrons. The number of alkyl halides is 2. The molecule has 0 bridgehead atoms. The Morgan fingerprint density at radius 2 is 1.96 bits per heavy atom. The molecule has 25 heavy (non-hydrogen) atoms. The number of hydrogen-bond donors (Lipinski definition) is 0. The number of nitro benzene ring substituents is 1. The van der Waals surface area contributed by atoms with Crippen molar-refractivity contribution >= 4 is 17.3 Å². The first-order chi connectivity index (χ1) is 11.9. The van der Waals surface area contributed by atoms with Crippen LogP contribution in [0.3, 0.4) is 0 Å². The summed E-state index contributed by atoms with van der Waals surface area (Å²) in [5.41, 5.74) is 2.02. The van der Waals surface area contributed by atoms with Gasteiger partial charge < -0.3 is 9.64 Å². The number of anilines is 1. The molecule has 2 aromatic rings. The van der Waals surface area contributed by atoms with Gasteiger partial charge in [0.2, 0.25) is 5.91 Å². The summed E-state index contributed by atoms with van der Waals surface area (Å²) in [5.74, 6) is -0.185. The lowest BCUT2D eigenvalue weighted by atomic mass is 10.1. The van der Waals surface area contributed by atoms with Gasteiger partial charge in [-0.1, -0.05) is 18.2 Å². The average Bonchev–Trinajstić information content (AvgIpc) is 2.99. The summed E-state index contributed by atoms with van der Waals surface area (Å²) >= 11 is 0. The third kappa shape index (κ3) is 3.73. The number of amides is 1. The molecule has 0 radical (unpaired) electrons. The first-order valence-corrected chi connectivity index (χ1v) is 7.55. The zero-order valence-corrected chi connectivity index (χ0v) is 13.0. The third-order valence-electron chi connectivity index (χ3n) is 3.98. The summed E-state index contributed by atoms with van der Waals surface area (Å²) in [5, 5.41) is 10.9. The molecule has 0 aromatic heterocycles. The minimum atomic E-state index is -2.90. The number of carbonyl (C=O) groups is 1. The van der Waals surface area contributed by atoms with Crippen molar-refractivity contribution in [1.82, 2.24) is 0 Å². The molecular weight excluding hydrogens is 334 g/mol. The topological polar surface area (TPSA) is 72.7 Å². The van der Waals surface area contributed by atoms with E-state index < -0.39 is 11.5 Å². The molecule has 0 spiro atoms. The van der Waals surface area contributed by atoms with Crippen LogP contribution >= 0.6 is 0 Å². The second-order valence-corrected chi connectivity index (χ2v) is 5.56. The van der Waals surface area contributed by atoms with Gasteiger partial charge in [0.05, 0.1) is 17.0 Å². The van der Waals surface area contributed by atoms with E-state index in [4.69, 9.17) is 0 Å². The van der Waals surface area contributed by atoms with Gasteiger partial charge in [-0.3, -0.25) is 14.9 Å². The zero-order valence-electron chi connectivity index (χ0n) is 13.0. The van der Waals surface area contributed by atoms with Crippen molar-refractivity contribution in [3.05, 3.63) is 63.7 Å². The van der Waals surface area contributed by atoms with E-state index >= 15 is 0 Å². The monoisotopic (exact) mass is 348 g/mol. The van der Waals surface area contributed by atoms with Crippen LogP contribution in [0, 0.1) is 10.1 Å². The van der Waals surface area contributed by atoms with Crippen LogP contribution in [0.1, 0.15) is 11.1 Å². The Kier molecular flexibility index (Phi) is 4.60. The van der Waals surface area contributed by atoms with E-state index in [1.807, 2.05) is 0 Å². The molecule has 1 aliphatic heterocycles. The van der Waals surface area contributed by atoms with Crippen molar-refractivity contribution < 1.29 is 23.2 Å². The van der Waals surface area contributed by atoms with Crippen molar-refractivity contribution in [2.45, 2.75) is 19.5 Å². The molecule has 8 heteroatoms. The summed E-state index contributed by atoms with van der Waals surface area (Å²) in [6, 6.07) is 10.3. The molecule has 0 unspecified atom stereocenters. The lowest BCUT2D eigenvalue weighted by Crippen LogP contribution is -2.30. The van der Waals surface area contributed by atoms with Gasteiger partial charge in [-0.15, -0.1) is 0 Å². The van der Waals surface area contributed by atoms with Crippen LogP contribution in [-0.4, -0.2) is 24.0 Å². The first-order valence-electron chi connectivity index (χ1n) is 7.55. The van der Waals surface area contributed by atoms with Gasteiger partial charge in [0.1, 0.15) is 5.75 Å². The van der Waals surface area contributed by atoms with Gasteiger partial charge in [0.15, 0.2) is 0 Å². The number of fused-ring (bicyclic) bond motifs is 1. The quantitative estimate of drug-likeness (QED) is 0.614. The van der Waals surface area contributed by atoms with E-state index in [9.17, 15) is 23.7 Å². The number of carbonyl (C=O) groups excluding carboxylic acids is 1. The van der Waals surface area contributed by atoms with E-state index in [-0.39, 0.29) is 23.8 Å². The number of rotatable bonds is 5. The molecule has 1 aliphatic rings. The van der Waals surface area contributed by atoms with Gasteiger partial charge in [-0.25, -0.2) is 0 Å². The Labute approximate surface area is 141 Å². The Morgan fingerprint density at radius 1 is 1.24 bits per heavy atom. The Morgan fingerprint density at radius 3 is 2.60 bits per heavy atom. The fourth-order valence-corrected chi connectivity index (χ4v) is 2.80. The van der Waals surface area contributed by atoms with Gasteiger partial charge in [0.25, 0.3) is 5.69 Å². The standard InChI is InChI=1S/C17H14F2N2O4/c18-17(19)25-14-5-1-11(2-6-14)9-16(22)20-8-7-12-3-4-13(21(23)24)10-15(12)20/h1-6,10,17H,7-9H2. The van der Waals surface area contributed by atoms with Crippen molar-refractivity contribution in [3.8, 4) is 5.75 Å². The minimum Gasteiger partial charge on any atom is -0.435 e. The Hall–Kier alpha value is -3.03. The Balaban J connectivity index is 1.73. The number of benzene rings is 2. The predicted molar refractivity (Wildman–Crippen MR) is 85.9 cm³/mol. The lowest BCUT2D eigenvalue weighted by Gasteiger charge is -2.17. The molecule has 6 nitrogen and oxygen atoms in total. The van der Waals surface area contributed by atoms with Crippen LogP contribution in [0.15, 0.2) is 42.5 Å². The van der Waals surface area contributed by atoms with Gasteiger partial charge in [-0.2, -0.15) is 8.78 Å². The number of nitrogens with zero attached hydrogens (tertiary/aromatic N) is 2. The molecule has 3 rings (SSSR count). The maximum Gasteiger partial charge on any atom is 0.387 e. The summed E-state index contributed by atoms with van der Waals surface area (Å²) in [4.78, 5) is 24.5. The van der Waals surface area contributed by atoms with E-state index in [0.29, 0.717) is 24.2 Å². The highest BCUT2D eigenvalue weighted by atomic mass is 19.3. The summed E-state index contributed by atoms with van der Waals surface area (Å²) in [6.45, 7) is -2.44. The number of nitro groups is 1. The van der Waals surface area contributed by atoms with Crippen LogP contribution in [0.4, 0.5) is 20.2 Å². The average molecular weight is 348 g/mol. The van der Waals surface area contributed by atoms with Crippen LogP contribution in [0.25, 0.3) is 0 Å². The molecule has 0 saturated heterocycles. The molecule has 0 saturated carbocycles. The molecule has 1 amide bonds. The molecule has 0 fully saturated rings. The van der Waals surface area contributed by atoms with E-state index in [0.717, 1.165) is 5.56 Å². The largest absolute Gasteiger partial charge is 0.435 e. The molecule has 0 N–H and O–H groups in total. The maximum absolute atomic E-state index is 12.5. The molecular formula is C17H14F2N2O4. The number of ether oxygens (including phenoxy) is 1. The summed E-state index contributed by atoms with van der Waals surface area (Å²) < 4.78 is 28.5. The number of non-ortho nitro benzene ring substituents is 1.